The Morgan fingerprint density at radius 3 is 2.62 bits per heavy atom. The molecule has 126 valence electrons. The number of piperidine rings is 1. The number of benzene rings is 1. The summed E-state index contributed by atoms with van der Waals surface area (Å²) in [5.41, 5.74) is 0.687. The van der Waals surface area contributed by atoms with Crippen molar-refractivity contribution in [3.63, 3.8) is 0 Å². The lowest BCUT2D eigenvalue weighted by molar-refractivity contribution is -0.156. The van der Waals surface area contributed by atoms with Gasteiger partial charge in [0.25, 0.3) is 0 Å². The molecule has 0 saturated carbocycles. The maximum atomic E-state index is 12.9. The van der Waals surface area contributed by atoms with Crippen molar-refractivity contribution >= 4 is 17.7 Å². The second kappa shape index (κ2) is 6.59. The van der Waals surface area contributed by atoms with Crippen LogP contribution in [0, 0.1) is 5.41 Å². The highest BCUT2D eigenvalue weighted by Crippen LogP contribution is 2.46. The molecule has 2 aliphatic rings. The Hall–Kier alpha value is -2.43. The van der Waals surface area contributed by atoms with Crippen LogP contribution in [0.3, 0.4) is 0 Å². The molecule has 1 aliphatic heterocycles. The van der Waals surface area contributed by atoms with Crippen molar-refractivity contribution in [3.8, 4) is 0 Å². The molecule has 3 rings (SSSR count). The topological polar surface area (TPSA) is 72.5 Å². The minimum Gasteiger partial charge on any atom is -0.465 e. The third kappa shape index (κ3) is 2.75. The Labute approximate surface area is 141 Å². The summed E-state index contributed by atoms with van der Waals surface area (Å²) in [5.74, 6) is -0.607. The molecule has 1 heterocycles. The molecule has 5 nitrogen and oxygen atoms in total. The highest BCUT2D eigenvalue weighted by Gasteiger charge is 2.50. The van der Waals surface area contributed by atoms with Crippen molar-refractivity contribution < 1.29 is 19.1 Å². The van der Waals surface area contributed by atoms with Gasteiger partial charge in [0.1, 0.15) is 5.41 Å². The van der Waals surface area contributed by atoms with Crippen LogP contribution in [-0.2, 0) is 14.3 Å². The smallest absolute Gasteiger partial charge is 0.318 e. The van der Waals surface area contributed by atoms with Crippen molar-refractivity contribution in [2.24, 2.45) is 5.41 Å². The highest BCUT2D eigenvalue weighted by molar-refractivity contribution is 6.10. The molecule has 5 heteroatoms. The van der Waals surface area contributed by atoms with Gasteiger partial charge in [0, 0.05) is 23.3 Å². The molecular weight excluding hydrogens is 306 g/mol. The first-order valence-corrected chi connectivity index (χ1v) is 8.39. The van der Waals surface area contributed by atoms with E-state index < -0.39 is 5.41 Å². The minimum absolute atomic E-state index is 0.124. The van der Waals surface area contributed by atoms with Gasteiger partial charge in [-0.15, -0.1) is 0 Å². The first-order valence-electron chi connectivity index (χ1n) is 8.39. The number of amides is 1. The lowest BCUT2D eigenvalue weighted by Gasteiger charge is -2.41. The van der Waals surface area contributed by atoms with Crippen molar-refractivity contribution in [1.82, 2.24) is 5.32 Å². The molecule has 1 aromatic rings. The van der Waals surface area contributed by atoms with Gasteiger partial charge in [-0.3, -0.25) is 14.4 Å². The lowest BCUT2D eigenvalue weighted by Crippen LogP contribution is -2.49. The van der Waals surface area contributed by atoms with E-state index in [1.54, 1.807) is 31.2 Å². The Kier molecular flexibility index (Phi) is 4.51. The summed E-state index contributed by atoms with van der Waals surface area (Å²) in [6, 6.07) is 8.96. The Morgan fingerprint density at radius 2 is 1.92 bits per heavy atom. The molecule has 0 aromatic heterocycles. The van der Waals surface area contributed by atoms with Gasteiger partial charge in [0.05, 0.1) is 6.61 Å². The first-order chi connectivity index (χ1) is 11.6. The molecule has 1 aliphatic carbocycles. The molecule has 1 fully saturated rings. The molecule has 1 unspecified atom stereocenters. The second-order valence-electron chi connectivity index (χ2n) is 6.25. The van der Waals surface area contributed by atoms with Gasteiger partial charge in [0.15, 0.2) is 5.78 Å². The number of carbonyl (C=O) groups excluding carboxylic acids is 3. The number of hydrogen-bond acceptors (Lipinski definition) is 4. The van der Waals surface area contributed by atoms with E-state index in [1.807, 2.05) is 6.07 Å². The molecular formula is C19H21NO4. The van der Waals surface area contributed by atoms with Crippen molar-refractivity contribution in [1.29, 1.82) is 0 Å². The fraction of sp³-hybridized carbons (Fsp3) is 0.421. The van der Waals surface area contributed by atoms with E-state index >= 15 is 0 Å². The van der Waals surface area contributed by atoms with Crippen molar-refractivity contribution in [3.05, 3.63) is 47.2 Å². The number of esters is 1. The highest BCUT2D eigenvalue weighted by atomic mass is 16.5. The van der Waals surface area contributed by atoms with Gasteiger partial charge >= 0.3 is 5.97 Å². The molecule has 1 N–H and O–H groups in total. The van der Waals surface area contributed by atoms with E-state index in [9.17, 15) is 14.4 Å². The van der Waals surface area contributed by atoms with E-state index in [-0.39, 0.29) is 30.7 Å². The van der Waals surface area contributed by atoms with Crippen LogP contribution in [0.5, 0.6) is 0 Å². The van der Waals surface area contributed by atoms with Crippen LogP contribution < -0.4 is 5.32 Å². The standard InChI is InChI=1S/C19H21NO4/c1-2-24-18(23)19-11-6-9-14(17(19)20-15(21)10-12-19)16(22)13-7-4-3-5-8-13/h3-5,7-8H,2,6,9-12H2,1H3,(H,20,21). The molecule has 1 saturated heterocycles. The number of allylic oxidation sites excluding steroid dienone is 1. The van der Waals surface area contributed by atoms with Crippen LogP contribution in [0.4, 0.5) is 0 Å². The Balaban J connectivity index is 2.08. The SMILES string of the molecule is CCOC(=O)C12CCCC(C(=O)c3ccccc3)=C1NC(=O)CC2. The molecule has 1 atom stereocenters. The zero-order valence-electron chi connectivity index (χ0n) is 13.8. The number of hydrogen-bond donors (Lipinski definition) is 1. The van der Waals surface area contributed by atoms with Crippen LogP contribution >= 0.6 is 0 Å². The van der Waals surface area contributed by atoms with E-state index in [0.717, 1.165) is 6.42 Å². The third-order valence-electron chi connectivity index (χ3n) is 4.83. The first kappa shape index (κ1) is 16.4. The normalized spacial score (nSPS) is 23.3. The fourth-order valence-electron chi connectivity index (χ4n) is 3.65. The summed E-state index contributed by atoms with van der Waals surface area (Å²) in [5, 5.41) is 2.82. The summed E-state index contributed by atoms with van der Waals surface area (Å²) >= 11 is 0. The van der Waals surface area contributed by atoms with Gasteiger partial charge in [-0.2, -0.15) is 0 Å². The van der Waals surface area contributed by atoms with Crippen LogP contribution in [0.25, 0.3) is 0 Å². The zero-order chi connectivity index (χ0) is 17.2. The van der Waals surface area contributed by atoms with E-state index in [0.29, 0.717) is 36.1 Å². The predicted octanol–water partition coefficient (Wildman–Crippen LogP) is 2.77. The summed E-state index contributed by atoms with van der Waals surface area (Å²) in [4.78, 5) is 37.5. The van der Waals surface area contributed by atoms with Crippen molar-refractivity contribution in [2.45, 2.75) is 39.0 Å². The summed E-state index contributed by atoms with van der Waals surface area (Å²) < 4.78 is 5.27. The molecule has 24 heavy (non-hydrogen) atoms. The van der Waals surface area contributed by atoms with Crippen molar-refractivity contribution in [2.75, 3.05) is 6.61 Å². The van der Waals surface area contributed by atoms with Crippen LogP contribution in [0.15, 0.2) is 41.6 Å². The quantitative estimate of drug-likeness (QED) is 0.682. The molecule has 0 bridgehead atoms. The largest absolute Gasteiger partial charge is 0.465 e. The summed E-state index contributed by atoms with van der Waals surface area (Å²) in [6.07, 6.45) is 2.57. The molecule has 1 amide bonds. The summed E-state index contributed by atoms with van der Waals surface area (Å²) in [6.45, 7) is 2.04. The average molecular weight is 327 g/mol. The van der Waals surface area contributed by atoms with Crippen LogP contribution in [-0.4, -0.2) is 24.3 Å². The lowest BCUT2D eigenvalue weighted by atomic mass is 9.67. The minimum atomic E-state index is -0.887. The number of nitrogens with one attached hydrogen (secondary N) is 1. The van der Waals surface area contributed by atoms with Gasteiger partial charge in [-0.1, -0.05) is 30.3 Å². The Morgan fingerprint density at radius 1 is 1.17 bits per heavy atom. The average Bonchev–Trinajstić information content (AvgIpc) is 2.61. The van der Waals surface area contributed by atoms with Gasteiger partial charge in [0.2, 0.25) is 5.91 Å². The van der Waals surface area contributed by atoms with E-state index in [2.05, 4.69) is 5.32 Å². The van der Waals surface area contributed by atoms with E-state index in [4.69, 9.17) is 4.74 Å². The molecule has 0 radical (unpaired) electrons. The van der Waals surface area contributed by atoms with Crippen LogP contribution in [0.1, 0.15) is 49.4 Å². The van der Waals surface area contributed by atoms with Gasteiger partial charge in [-0.25, -0.2) is 0 Å². The maximum absolute atomic E-state index is 12.9. The number of ketones is 1. The Bertz CT molecular complexity index is 707. The summed E-state index contributed by atoms with van der Waals surface area (Å²) in [7, 11) is 0. The van der Waals surface area contributed by atoms with Gasteiger partial charge in [-0.05, 0) is 32.6 Å². The number of ether oxygens (including phenoxy) is 1. The number of carbonyl (C=O) groups is 3. The van der Waals surface area contributed by atoms with Gasteiger partial charge < -0.3 is 10.1 Å². The van der Waals surface area contributed by atoms with E-state index in [1.165, 1.54) is 0 Å². The number of rotatable bonds is 4. The molecule has 0 spiro atoms. The monoisotopic (exact) mass is 327 g/mol. The third-order valence-corrected chi connectivity index (χ3v) is 4.83. The zero-order valence-corrected chi connectivity index (χ0v) is 13.8. The number of fused-ring (bicyclic) bond motifs is 1. The number of Topliss-reactive ketones (excluding diaryl/α,β-unsaturated/α-hetero) is 1. The maximum Gasteiger partial charge on any atom is 0.318 e. The molecule has 1 aromatic carbocycles. The second-order valence-corrected chi connectivity index (χ2v) is 6.25. The van der Waals surface area contributed by atoms with Crippen LogP contribution in [0.2, 0.25) is 0 Å². The fourth-order valence-corrected chi connectivity index (χ4v) is 3.65. The predicted molar refractivity (Wildman–Crippen MR) is 88.1 cm³/mol.